The summed E-state index contributed by atoms with van der Waals surface area (Å²) in [4.78, 5) is 27.6. The van der Waals surface area contributed by atoms with Crippen LogP contribution in [-0.2, 0) is 14.3 Å². The number of ether oxygens (including phenoxy) is 4. The predicted molar refractivity (Wildman–Crippen MR) is 132 cm³/mol. The number of carbonyl (C=O) groups is 2. The summed E-state index contributed by atoms with van der Waals surface area (Å²) < 4.78 is 22.0. The highest BCUT2D eigenvalue weighted by Gasteiger charge is 2.46. The molecule has 1 aliphatic rings. The minimum atomic E-state index is -0.813. The molecule has 1 aliphatic heterocycles. The molecule has 8 nitrogen and oxygen atoms in total. The number of Topliss-reactive ketones (excluding diaryl/α,β-unsaturated/α-hetero) is 1. The summed E-state index contributed by atoms with van der Waals surface area (Å²) in [6.45, 7) is 7.16. The molecule has 3 rings (SSSR count). The Balaban J connectivity index is 2.14. The van der Waals surface area contributed by atoms with E-state index in [1.165, 1.54) is 12.0 Å². The lowest BCUT2D eigenvalue weighted by atomic mass is 9.94. The Morgan fingerprint density at radius 3 is 2.34 bits per heavy atom. The molecule has 1 N–H and O–H groups in total. The second-order valence-corrected chi connectivity index (χ2v) is 8.16. The monoisotopic (exact) mass is 483 g/mol. The summed E-state index contributed by atoms with van der Waals surface area (Å²) in [5.74, 6) is 0.0355. The minimum Gasteiger partial charge on any atom is -0.507 e. The summed E-state index contributed by atoms with van der Waals surface area (Å²) in [6, 6.07) is 9.60. The van der Waals surface area contributed by atoms with Crippen molar-refractivity contribution in [1.29, 1.82) is 0 Å². The average Bonchev–Trinajstić information content (AvgIpc) is 3.11. The van der Waals surface area contributed by atoms with Crippen LogP contribution in [-0.4, -0.2) is 62.3 Å². The van der Waals surface area contributed by atoms with Gasteiger partial charge in [-0.25, -0.2) is 0 Å². The van der Waals surface area contributed by atoms with Crippen LogP contribution in [0.3, 0.4) is 0 Å². The fraction of sp³-hybridized carbons (Fsp3) is 0.407. The molecule has 0 aliphatic carbocycles. The lowest BCUT2D eigenvalue weighted by Crippen LogP contribution is -2.32. The lowest BCUT2D eigenvalue weighted by molar-refractivity contribution is -0.140. The number of carbonyl (C=O) groups excluding carboxylic acids is 2. The summed E-state index contributed by atoms with van der Waals surface area (Å²) in [7, 11) is 3.07. The Morgan fingerprint density at radius 2 is 1.71 bits per heavy atom. The Bertz CT molecular complexity index is 1110. The van der Waals surface area contributed by atoms with Gasteiger partial charge in [0.15, 0.2) is 11.5 Å². The highest BCUT2D eigenvalue weighted by Crippen LogP contribution is 2.42. The van der Waals surface area contributed by atoms with Gasteiger partial charge in [-0.2, -0.15) is 0 Å². The lowest BCUT2D eigenvalue weighted by Gasteiger charge is -2.25. The first-order valence-corrected chi connectivity index (χ1v) is 11.7. The Morgan fingerprint density at radius 1 is 0.971 bits per heavy atom. The molecular formula is C27H33NO7. The van der Waals surface area contributed by atoms with Gasteiger partial charge in [-0.1, -0.05) is 13.0 Å². The zero-order valence-electron chi connectivity index (χ0n) is 20.9. The number of nitrogens with zero attached hydrogens (tertiary/aromatic N) is 1. The number of methoxy groups -OCH3 is 2. The maximum absolute atomic E-state index is 13.2. The fourth-order valence-electron chi connectivity index (χ4n) is 4.10. The second kappa shape index (κ2) is 11.8. The fourth-order valence-corrected chi connectivity index (χ4v) is 4.10. The van der Waals surface area contributed by atoms with Gasteiger partial charge in [-0.3, -0.25) is 9.59 Å². The van der Waals surface area contributed by atoms with Crippen LogP contribution in [0.15, 0.2) is 42.0 Å². The van der Waals surface area contributed by atoms with Crippen molar-refractivity contribution < 1.29 is 33.6 Å². The van der Waals surface area contributed by atoms with E-state index in [1.807, 2.05) is 20.8 Å². The van der Waals surface area contributed by atoms with Crippen molar-refractivity contribution in [2.75, 3.05) is 40.6 Å². The molecule has 1 heterocycles. The van der Waals surface area contributed by atoms with Crippen LogP contribution >= 0.6 is 0 Å². The van der Waals surface area contributed by atoms with Gasteiger partial charge >= 0.3 is 0 Å². The van der Waals surface area contributed by atoms with Crippen LogP contribution in [0.5, 0.6) is 17.2 Å². The SMILES string of the molecule is CCCOc1ccc(/C(O)=C2/C(=O)C(=O)N(CCOC)C2c2ccc(OC)c(OCC)c2)cc1C. The first-order chi connectivity index (χ1) is 16.9. The Kier molecular flexibility index (Phi) is 8.76. The maximum atomic E-state index is 13.2. The van der Waals surface area contributed by atoms with E-state index >= 15 is 0 Å². The molecule has 0 saturated carbocycles. The van der Waals surface area contributed by atoms with Crippen LogP contribution in [0, 0.1) is 6.92 Å². The van der Waals surface area contributed by atoms with Crippen LogP contribution in [0.1, 0.15) is 43.0 Å². The van der Waals surface area contributed by atoms with Gasteiger partial charge in [0.05, 0.1) is 38.5 Å². The number of rotatable bonds is 11. The molecule has 1 atom stereocenters. The Hall–Kier alpha value is -3.52. The number of ketones is 1. The quantitative estimate of drug-likeness (QED) is 0.290. The molecule has 0 radical (unpaired) electrons. The third-order valence-corrected chi connectivity index (χ3v) is 5.79. The van der Waals surface area contributed by atoms with Crippen molar-refractivity contribution in [3.63, 3.8) is 0 Å². The van der Waals surface area contributed by atoms with E-state index in [0.717, 1.165) is 12.0 Å². The Labute approximate surface area is 206 Å². The number of aliphatic hydroxyl groups is 1. The molecule has 1 fully saturated rings. The summed E-state index contributed by atoms with van der Waals surface area (Å²) in [5.41, 5.74) is 1.88. The highest BCUT2D eigenvalue weighted by atomic mass is 16.5. The van der Waals surface area contributed by atoms with E-state index in [9.17, 15) is 14.7 Å². The van der Waals surface area contributed by atoms with Gasteiger partial charge in [-0.05, 0) is 61.7 Å². The third-order valence-electron chi connectivity index (χ3n) is 5.79. The number of likely N-dealkylation sites (tertiary alicyclic amines) is 1. The standard InChI is InChI=1S/C27H33NO7/c1-6-13-35-20-10-9-19(15-17(20)3)25(29)23-24(28(12-14-32-4)27(31)26(23)30)18-8-11-21(33-5)22(16-18)34-7-2/h8-11,15-16,24,29H,6-7,12-14H2,1-5H3/b25-23-. The first kappa shape index (κ1) is 26.1. The van der Waals surface area contributed by atoms with Crippen molar-refractivity contribution in [2.24, 2.45) is 0 Å². The molecule has 1 unspecified atom stereocenters. The van der Waals surface area contributed by atoms with Gasteiger partial charge in [-0.15, -0.1) is 0 Å². The van der Waals surface area contributed by atoms with Gasteiger partial charge in [0.25, 0.3) is 11.7 Å². The topological polar surface area (TPSA) is 94.5 Å². The molecule has 0 bridgehead atoms. The van der Waals surface area contributed by atoms with Crippen molar-refractivity contribution in [3.8, 4) is 17.2 Å². The molecule has 2 aromatic rings. The van der Waals surface area contributed by atoms with Crippen molar-refractivity contribution in [3.05, 3.63) is 58.7 Å². The first-order valence-electron chi connectivity index (χ1n) is 11.7. The van der Waals surface area contributed by atoms with Crippen LogP contribution in [0.25, 0.3) is 5.76 Å². The smallest absolute Gasteiger partial charge is 0.295 e. The predicted octanol–water partition coefficient (Wildman–Crippen LogP) is 4.26. The molecule has 35 heavy (non-hydrogen) atoms. The molecule has 188 valence electrons. The van der Waals surface area contributed by atoms with Crippen LogP contribution in [0.2, 0.25) is 0 Å². The van der Waals surface area contributed by atoms with E-state index < -0.39 is 17.7 Å². The molecule has 2 aromatic carbocycles. The summed E-state index contributed by atoms with van der Waals surface area (Å²) in [6.07, 6.45) is 0.873. The van der Waals surface area contributed by atoms with Crippen molar-refractivity contribution >= 4 is 17.4 Å². The number of hydrogen-bond acceptors (Lipinski definition) is 7. The summed E-state index contributed by atoms with van der Waals surface area (Å²) >= 11 is 0. The van der Waals surface area contributed by atoms with Crippen LogP contribution < -0.4 is 14.2 Å². The number of amides is 1. The highest BCUT2D eigenvalue weighted by molar-refractivity contribution is 6.46. The van der Waals surface area contributed by atoms with Crippen molar-refractivity contribution in [1.82, 2.24) is 4.90 Å². The van der Waals surface area contributed by atoms with E-state index in [4.69, 9.17) is 18.9 Å². The molecule has 1 amide bonds. The van der Waals surface area contributed by atoms with Crippen molar-refractivity contribution in [2.45, 2.75) is 33.2 Å². The number of hydrogen-bond donors (Lipinski definition) is 1. The van der Waals surface area contributed by atoms with Crippen LogP contribution in [0.4, 0.5) is 0 Å². The third kappa shape index (κ3) is 5.43. The number of aryl methyl sites for hydroxylation is 1. The van der Waals surface area contributed by atoms with Gasteiger partial charge in [0.1, 0.15) is 11.5 Å². The van der Waals surface area contributed by atoms with E-state index in [-0.39, 0.29) is 24.5 Å². The van der Waals surface area contributed by atoms with E-state index in [0.29, 0.717) is 41.6 Å². The maximum Gasteiger partial charge on any atom is 0.295 e. The van der Waals surface area contributed by atoms with E-state index in [1.54, 1.807) is 43.5 Å². The average molecular weight is 484 g/mol. The number of benzene rings is 2. The molecule has 0 aromatic heterocycles. The molecule has 1 saturated heterocycles. The van der Waals surface area contributed by atoms with Gasteiger partial charge in [0, 0.05) is 19.2 Å². The second-order valence-electron chi connectivity index (χ2n) is 8.16. The zero-order chi connectivity index (χ0) is 25.5. The van der Waals surface area contributed by atoms with Gasteiger partial charge < -0.3 is 29.0 Å². The normalized spacial score (nSPS) is 17.1. The molecule has 8 heteroatoms. The van der Waals surface area contributed by atoms with E-state index in [2.05, 4.69) is 0 Å². The minimum absolute atomic E-state index is 0.0142. The summed E-state index contributed by atoms with van der Waals surface area (Å²) in [5, 5.41) is 11.3. The largest absolute Gasteiger partial charge is 0.507 e. The zero-order valence-corrected chi connectivity index (χ0v) is 20.9. The molecule has 0 spiro atoms. The van der Waals surface area contributed by atoms with Gasteiger partial charge in [0.2, 0.25) is 0 Å². The molecular weight excluding hydrogens is 450 g/mol. The number of aliphatic hydroxyl groups excluding tert-OH is 1.